The number of hydrogen-bond donors (Lipinski definition) is 0. The fourth-order valence-electron chi connectivity index (χ4n) is 1.28. The standard InChI is InChI=1S/C10H8ClFN2/c1-14-9(11)6-13-10(14)7-3-2-4-8(12)5-7/h2-6H,1H3. The van der Waals surface area contributed by atoms with Crippen LogP contribution in [0.4, 0.5) is 4.39 Å². The van der Waals surface area contributed by atoms with E-state index >= 15 is 0 Å². The zero-order chi connectivity index (χ0) is 10.1. The van der Waals surface area contributed by atoms with Crippen molar-refractivity contribution in [2.24, 2.45) is 7.05 Å². The Bertz CT molecular complexity index is 465. The largest absolute Gasteiger partial charge is 0.318 e. The van der Waals surface area contributed by atoms with Crippen molar-refractivity contribution < 1.29 is 4.39 Å². The third-order valence-corrected chi connectivity index (χ3v) is 2.37. The van der Waals surface area contributed by atoms with Crippen LogP contribution in [-0.4, -0.2) is 9.55 Å². The van der Waals surface area contributed by atoms with Gasteiger partial charge in [-0.3, -0.25) is 0 Å². The van der Waals surface area contributed by atoms with Gasteiger partial charge in [0.15, 0.2) is 0 Å². The lowest BCUT2D eigenvalue weighted by Crippen LogP contribution is -1.92. The predicted octanol–water partition coefficient (Wildman–Crippen LogP) is 2.88. The van der Waals surface area contributed by atoms with Crippen molar-refractivity contribution in [3.8, 4) is 11.4 Å². The lowest BCUT2D eigenvalue weighted by molar-refractivity contribution is 0.628. The number of imidazole rings is 1. The second-order valence-electron chi connectivity index (χ2n) is 2.97. The second kappa shape index (κ2) is 3.42. The highest BCUT2D eigenvalue weighted by atomic mass is 35.5. The van der Waals surface area contributed by atoms with Gasteiger partial charge in [-0.05, 0) is 12.1 Å². The summed E-state index contributed by atoms with van der Waals surface area (Å²) < 4.78 is 14.6. The average molecular weight is 211 g/mol. The molecule has 0 fully saturated rings. The molecule has 0 saturated carbocycles. The van der Waals surface area contributed by atoms with E-state index in [9.17, 15) is 4.39 Å². The molecule has 0 aliphatic rings. The molecule has 1 aromatic heterocycles. The van der Waals surface area contributed by atoms with Gasteiger partial charge in [0.1, 0.15) is 16.8 Å². The van der Waals surface area contributed by atoms with Crippen LogP contribution in [0.1, 0.15) is 0 Å². The van der Waals surface area contributed by atoms with Gasteiger partial charge in [0, 0.05) is 12.6 Å². The van der Waals surface area contributed by atoms with E-state index in [4.69, 9.17) is 11.6 Å². The molecule has 0 atom stereocenters. The molecule has 0 radical (unpaired) electrons. The molecule has 0 bridgehead atoms. The highest BCUT2D eigenvalue weighted by Crippen LogP contribution is 2.21. The first kappa shape index (κ1) is 9.21. The van der Waals surface area contributed by atoms with Gasteiger partial charge >= 0.3 is 0 Å². The molecule has 0 aliphatic heterocycles. The second-order valence-corrected chi connectivity index (χ2v) is 3.36. The lowest BCUT2D eigenvalue weighted by Gasteiger charge is -2.01. The third-order valence-electron chi connectivity index (χ3n) is 2.01. The lowest BCUT2D eigenvalue weighted by atomic mass is 10.2. The molecule has 14 heavy (non-hydrogen) atoms. The Balaban J connectivity index is 2.55. The summed E-state index contributed by atoms with van der Waals surface area (Å²) in [5, 5.41) is 0.532. The monoisotopic (exact) mass is 210 g/mol. The van der Waals surface area contributed by atoms with Gasteiger partial charge in [-0.25, -0.2) is 9.37 Å². The molecule has 0 amide bonds. The van der Waals surface area contributed by atoms with E-state index in [0.717, 1.165) is 5.56 Å². The van der Waals surface area contributed by atoms with Gasteiger partial charge in [0.05, 0.1) is 6.20 Å². The summed E-state index contributed by atoms with van der Waals surface area (Å²) in [6.45, 7) is 0. The summed E-state index contributed by atoms with van der Waals surface area (Å²) in [5.74, 6) is 0.385. The van der Waals surface area contributed by atoms with Crippen LogP contribution in [0, 0.1) is 5.82 Å². The Morgan fingerprint density at radius 3 is 2.79 bits per heavy atom. The van der Waals surface area contributed by atoms with Crippen LogP contribution < -0.4 is 0 Å². The molecule has 72 valence electrons. The number of rotatable bonds is 1. The Morgan fingerprint density at radius 1 is 1.43 bits per heavy atom. The number of nitrogens with zero attached hydrogens (tertiary/aromatic N) is 2. The Hall–Kier alpha value is -1.35. The first-order valence-electron chi connectivity index (χ1n) is 4.11. The summed E-state index contributed by atoms with van der Waals surface area (Å²) in [5.41, 5.74) is 0.722. The maximum atomic E-state index is 12.9. The molecule has 0 N–H and O–H groups in total. The zero-order valence-corrected chi connectivity index (χ0v) is 8.29. The van der Waals surface area contributed by atoms with Crippen LogP contribution in [0.25, 0.3) is 11.4 Å². The summed E-state index contributed by atoms with van der Waals surface area (Å²) in [6, 6.07) is 6.27. The molecular weight excluding hydrogens is 203 g/mol. The van der Waals surface area contributed by atoms with E-state index < -0.39 is 0 Å². The van der Waals surface area contributed by atoms with Crippen molar-refractivity contribution in [1.29, 1.82) is 0 Å². The summed E-state index contributed by atoms with van der Waals surface area (Å²) in [6.07, 6.45) is 1.54. The Kier molecular flexibility index (Phi) is 2.25. The predicted molar refractivity (Wildman–Crippen MR) is 53.6 cm³/mol. The minimum Gasteiger partial charge on any atom is -0.318 e. The topological polar surface area (TPSA) is 17.8 Å². The smallest absolute Gasteiger partial charge is 0.140 e. The Labute approximate surface area is 86.0 Å². The molecule has 0 spiro atoms. The van der Waals surface area contributed by atoms with Gasteiger partial charge in [0.25, 0.3) is 0 Å². The Morgan fingerprint density at radius 2 is 2.21 bits per heavy atom. The van der Waals surface area contributed by atoms with Crippen LogP contribution in [0.15, 0.2) is 30.5 Å². The van der Waals surface area contributed by atoms with Gasteiger partial charge < -0.3 is 4.57 Å². The van der Waals surface area contributed by atoms with Gasteiger partial charge in [-0.1, -0.05) is 23.7 Å². The van der Waals surface area contributed by atoms with Crippen molar-refractivity contribution in [3.63, 3.8) is 0 Å². The molecule has 0 unspecified atom stereocenters. The highest BCUT2D eigenvalue weighted by molar-refractivity contribution is 6.29. The van der Waals surface area contributed by atoms with Crippen molar-refractivity contribution in [1.82, 2.24) is 9.55 Å². The van der Waals surface area contributed by atoms with Crippen molar-refractivity contribution >= 4 is 11.6 Å². The van der Waals surface area contributed by atoms with Gasteiger partial charge in [-0.2, -0.15) is 0 Å². The first-order chi connectivity index (χ1) is 6.68. The normalized spacial score (nSPS) is 10.5. The van der Waals surface area contributed by atoms with Crippen molar-refractivity contribution in [2.45, 2.75) is 0 Å². The van der Waals surface area contributed by atoms with Crippen LogP contribution in [0.3, 0.4) is 0 Å². The van der Waals surface area contributed by atoms with E-state index in [1.807, 2.05) is 0 Å². The van der Waals surface area contributed by atoms with E-state index in [1.54, 1.807) is 29.9 Å². The van der Waals surface area contributed by atoms with Gasteiger partial charge in [0.2, 0.25) is 0 Å². The molecule has 0 aliphatic carbocycles. The molecule has 0 saturated heterocycles. The number of benzene rings is 1. The summed E-state index contributed by atoms with van der Waals surface area (Å²) in [4.78, 5) is 4.09. The van der Waals surface area contributed by atoms with E-state index in [0.29, 0.717) is 11.0 Å². The SMILES string of the molecule is Cn1c(Cl)cnc1-c1cccc(F)c1. The molecular formula is C10H8ClFN2. The maximum Gasteiger partial charge on any atom is 0.140 e. The highest BCUT2D eigenvalue weighted by Gasteiger charge is 2.07. The van der Waals surface area contributed by atoms with E-state index in [-0.39, 0.29) is 5.82 Å². The number of hydrogen-bond acceptors (Lipinski definition) is 1. The van der Waals surface area contributed by atoms with Gasteiger partial charge in [-0.15, -0.1) is 0 Å². The molecule has 4 heteroatoms. The van der Waals surface area contributed by atoms with Crippen LogP contribution in [0.2, 0.25) is 5.15 Å². The quantitative estimate of drug-likeness (QED) is 0.708. The number of aromatic nitrogens is 2. The van der Waals surface area contributed by atoms with Crippen LogP contribution in [0.5, 0.6) is 0 Å². The fraction of sp³-hybridized carbons (Fsp3) is 0.100. The van der Waals surface area contributed by atoms with E-state index in [1.165, 1.54) is 12.1 Å². The van der Waals surface area contributed by atoms with Crippen LogP contribution in [-0.2, 0) is 7.05 Å². The number of halogens is 2. The average Bonchev–Trinajstić information content (AvgIpc) is 2.48. The minimum atomic E-state index is -0.276. The maximum absolute atomic E-state index is 12.9. The molecule has 2 rings (SSSR count). The fourth-order valence-corrected chi connectivity index (χ4v) is 1.41. The zero-order valence-electron chi connectivity index (χ0n) is 7.54. The van der Waals surface area contributed by atoms with Crippen LogP contribution >= 0.6 is 11.6 Å². The van der Waals surface area contributed by atoms with E-state index in [2.05, 4.69) is 4.98 Å². The molecule has 1 heterocycles. The molecule has 2 nitrogen and oxygen atoms in total. The first-order valence-corrected chi connectivity index (χ1v) is 4.49. The third kappa shape index (κ3) is 1.51. The minimum absolute atomic E-state index is 0.276. The summed E-state index contributed by atoms with van der Waals surface area (Å²) >= 11 is 5.83. The molecule has 1 aromatic carbocycles. The van der Waals surface area contributed by atoms with Crippen molar-refractivity contribution in [3.05, 3.63) is 41.4 Å². The van der Waals surface area contributed by atoms with Crippen molar-refractivity contribution in [2.75, 3.05) is 0 Å². The molecule has 2 aromatic rings. The summed E-state index contributed by atoms with van der Waals surface area (Å²) in [7, 11) is 1.79.